The summed E-state index contributed by atoms with van der Waals surface area (Å²) >= 11 is 0. The molecule has 1 aliphatic rings. The predicted molar refractivity (Wildman–Crippen MR) is 103 cm³/mol. The molecular weight excluding hydrogens is 352 g/mol. The zero-order valence-corrected chi connectivity index (χ0v) is 15.9. The van der Waals surface area contributed by atoms with Gasteiger partial charge in [-0.25, -0.2) is 13.4 Å². The number of anilines is 3. The fourth-order valence-electron chi connectivity index (χ4n) is 3.13. The molecule has 0 spiro atoms. The van der Waals surface area contributed by atoms with Crippen molar-refractivity contribution in [1.29, 1.82) is 0 Å². The van der Waals surface area contributed by atoms with Gasteiger partial charge in [-0.2, -0.15) is 4.98 Å². The zero-order chi connectivity index (χ0) is 18.6. The first-order valence-electron chi connectivity index (χ1n) is 8.81. The molecule has 1 aromatic carbocycles. The molecule has 1 unspecified atom stereocenters. The number of aromatic nitrogens is 2. The lowest BCUT2D eigenvalue weighted by Crippen LogP contribution is -2.37. The van der Waals surface area contributed by atoms with Gasteiger partial charge in [0, 0.05) is 18.8 Å². The van der Waals surface area contributed by atoms with Crippen molar-refractivity contribution in [2.45, 2.75) is 26.3 Å². The van der Waals surface area contributed by atoms with Crippen molar-refractivity contribution in [3.63, 3.8) is 0 Å². The monoisotopic (exact) mass is 376 g/mol. The summed E-state index contributed by atoms with van der Waals surface area (Å²) in [5, 5.41) is 3.26. The summed E-state index contributed by atoms with van der Waals surface area (Å²) in [5.41, 5.74) is 0.825. The van der Waals surface area contributed by atoms with E-state index in [4.69, 9.17) is 4.74 Å². The molecule has 140 valence electrons. The van der Waals surface area contributed by atoms with Gasteiger partial charge in [-0.3, -0.25) is 0 Å². The fourth-order valence-corrected chi connectivity index (χ4v) is 4.86. The van der Waals surface area contributed by atoms with Crippen LogP contribution in [0.15, 0.2) is 36.5 Å². The second-order valence-electron chi connectivity index (χ2n) is 6.14. The standard InChI is InChI=1S/C18H24N4O3S/c1-3-22(14-10-12-26(23,24)13-14)18-19-11-9-17(21-18)20-15-7-5-6-8-16(15)25-4-2/h5-9,11,14H,3-4,10,12-13H2,1-2H3,(H,19,20,21). The van der Waals surface area contributed by atoms with Crippen molar-refractivity contribution >= 4 is 27.3 Å². The van der Waals surface area contributed by atoms with Gasteiger partial charge in [-0.05, 0) is 38.5 Å². The highest BCUT2D eigenvalue weighted by molar-refractivity contribution is 7.91. The Morgan fingerprint density at radius 2 is 2.08 bits per heavy atom. The molecular formula is C18H24N4O3S. The highest BCUT2D eigenvalue weighted by Crippen LogP contribution is 2.28. The smallest absolute Gasteiger partial charge is 0.227 e. The Balaban J connectivity index is 1.82. The van der Waals surface area contributed by atoms with Crippen molar-refractivity contribution in [1.82, 2.24) is 9.97 Å². The maximum absolute atomic E-state index is 11.8. The summed E-state index contributed by atoms with van der Waals surface area (Å²) in [4.78, 5) is 10.9. The van der Waals surface area contributed by atoms with Crippen molar-refractivity contribution in [3.8, 4) is 5.75 Å². The Kier molecular flexibility index (Phi) is 5.61. The Labute approximate surface area is 154 Å². The van der Waals surface area contributed by atoms with E-state index in [1.54, 1.807) is 12.3 Å². The first-order valence-corrected chi connectivity index (χ1v) is 10.6. The summed E-state index contributed by atoms with van der Waals surface area (Å²) in [5.74, 6) is 2.32. The van der Waals surface area contributed by atoms with Crippen molar-refractivity contribution < 1.29 is 13.2 Å². The van der Waals surface area contributed by atoms with Crippen LogP contribution in [0.4, 0.5) is 17.5 Å². The largest absolute Gasteiger partial charge is 0.492 e. The summed E-state index contributed by atoms with van der Waals surface area (Å²) in [6, 6.07) is 9.38. The van der Waals surface area contributed by atoms with Gasteiger partial charge in [0.1, 0.15) is 11.6 Å². The lowest BCUT2D eigenvalue weighted by Gasteiger charge is -2.27. The van der Waals surface area contributed by atoms with E-state index in [0.717, 1.165) is 11.4 Å². The SMILES string of the molecule is CCOc1ccccc1Nc1ccnc(N(CC)C2CCS(=O)(=O)C2)n1. The topological polar surface area (TPSA) is 84.4 Å². The van der Waals surface area contributed by atoms with E-state index in [2.05, 4.69) is 15.3 Å². The number of hydrogen-bond donors (Lipinski definition) is 1. The minimum atomic E-state index is -2.96. The van der Waals surface area contributed by atoms with Crippen LogP contribution in [0.5, 0.6) is 5.75 Å². The van der Waals surface area contributed by atoms with Gasteiger partial charge in [-0.1, -0.05) is 12.1 Å². The highest BCUT2D eigenvalue weighted by atomic mass is 32.2. The molecule has 1 saturated heterocycles. The number of sulfone groups is 1. The molecule has 8 heteroatoms. The van der Waals surface area contributed by atoms with Crippen LogP contribution in [0.25, 0.3) is 0 Å². The lowest BCUT2D eigenvalue weighted by atomic mass is 10.2. The van der Waals surface area contributed by atoms with Crippen LogP contribution in [0.1, 0.15) is 20.3 Å². The third kappa shape index (κ3) is 4.24. The maximum atomic E-state index is 11.8. The summed E-state index contributed by atoms with van der Waals surface area (Å²) in [6.45, 7) is 5.15. The molecule has 1 aliphatic heterocycles. The number of nitrogens with one attached hydrogen (secondary N) is 1. The molecule has 26 heavy (non-hydrogen) atoms. The first kappa shape index (κ1) is 18.4. The minimum absolute atomic E-state index is 0.0732. The Morgan fingerprint density at radius 1 is 1.27 bits per heavy atom. The Morgan fingerprint density at radius 3 is 2.77 bits per heavy atom. The molecule has 0 amide bonds. The molecule has 0 radical (unpaired) electrons. The van der Waals surface area contributed by atoms with Crippen LogP contribution in [-0.2, 0) is 9.84 Å². The maximum Gasteiger partial charge on any atom is 0.227 e. The molecule has 3 rings (SSSR count). The Hall–Kier alpha value is -2.35. The molecule has 1 N–H and O–H groups in total. The van der Waals surface area contributed by atoms with Crippen molar-refractivity contribution in [3.05, 3.63) is 36.5 Å². The lowest BCUT2D eigenvalue weighted by molar-refractivity contribution is 0.342. The predicted octanol–water partition coefficient (Wildman–Crippen LogP) is 2.63. The van der Waals surface area contributed by atoms with Gasteiger partial charge in [-0.15, -0.1) is 0 Å². The number of para-hydroxylation sites is 2. The van der Waals surface area contributed by atoms with E-state index in [0.29, 0.717) is 31.3 Å². The average molecular weight is 376 g/mol. The summed E-state index contributed by atoms with van der Waals surface area (Å²) in [6.07, 6.45) is 2.30. The number of benzene rings is 1. The molecule has 7 nitrogen and oxygen atoms in total. The van der Waals surface area contributed by atoms with Gasteiger partial charge >= 0.3 is 0 Å². The highest BCUT2D eigenvalue weighted by Gasteiger charge is 2.32. The zero-order valence-electron chi connectivity index (χ0n) is 15.1. The van der Waals surface area contributed by atoms with E-state index >= 15 is 0 Å². The van der Waals surface area contributed by atoms with Crippen LogP contribution in [0.3, 0.4) is 0 Å². The quantitative estimate of drug-likeness (QED) is 0.795. The molecule has 0 bridgehead atoms. The van der Waals surface area contributed by atoms with Crippen LogP contribution in [0.2, 0.25) is 0 Å². The molecule has 2 aromatic rings. The van der Waals surface area contributed by atoms with Gasteiger partial charge in [0.25, 0.3) is 0 Å². The number of nitrogens with zero attached hydrogens (tertiary/aromatic N) is 3. The summed E-state index contributed by atoms with van der Waals surface area (Å²) < 4.78 is 29.2. The average Bonchev–Trinajstić information content (AvgIpc) is 2.98. The number of hydrogen-bond acceptors (Lipinski definition) is 7. The molecule has 1 fully saturated rings. The van der Waals surface area contributed by atoms with E-state index in [1.807, 2.05) is 43.0 Å². The van der Waals surface area contributed by atoms with Gasteiger partial charge in [0.2, 0.25) is 5.95 Å². The van der Waals surface area contributed by atoms with Crippen LogP contribution < -0.4 is 15.0 Å². The molecule has 2 heterocycles. The van der Waals surface area contributed by atoms with Gasteiger partial charge < -0.3 is 15.0 Å². The molecule has 1 atom stereocenters. The van der Waals surface area contributed by atoms with Crippen LogP contribution >= 0.6 is 0 Å². The van der Waals surface area contributed by atoms with Gasteiger partial charge in [0.15, 0.2) is 9.84 Å². The third-order valence-corrected chi connectivity index (χ3v) is 6.09. The van der Waals surface area contributed by atoms with Crippen LogP contribution in [0, 0.1) is 0 Å². The number of rotatable bonds is 7. The summed E-state index contributed by atoms with van der Waals surface area (Å²) in [7, 11) is -2.96. The van der Waals surface area contributed by atoms with Crippen molar-refractivity contribution in [2.75, 3.05) is 34.9 Å². The fraction of sp³-hybridized carbons (Fsp3) is 0.444. The first-order chi connectivity index (χ1) is 12.5. The van der Waals surface area contributed by atoms with E-state index in [1.165, 1.54) is 0 Å². The van der Waals surface area contributed by atoms with Crippen molar-refractivity contribution in [2.24, 2.45) is 0 Å². The van der Waals surface area contributed by atoms with E-state index in [-0.39, 0.29) is 17.5 Å². The third-order valence-electron chi connectivity index (χ3n) is 4.34. The molecule has 1 aromatic heterocycles. The number of ether oxygens (including phenoxy) is 1. The molecule has 0 saturated carbocycles. The van der Waals surface area contributed by atoms with Gasteiger partial charge in [0.05, 0.1) is 23.8 Å². The normalized spacial score (nSPS) is 18.5. The van der Waals surface area contributed by atoms with E-state index in [9.17, 15) is 8.42 Å². The minimum Gasteiger partial charge on any atom is -0.492 e. The Bertz CT molecular complexity index is 857. The van der Waals surface area contributed by atoms with E-state index < -0.39 is 9.84 Å². The molecule has 0 aliphatic carbocycles. The second kappa shape index (κ2) is 7.90. The second-order valence-corrected chi connectivity index (χ2v) is 8.37. The van der Waals surface area contributed by atoms with Crippen LogP contribution in [-0.4, -0.2) is 49.1 Å².